The van der Waals surface area contributed by atoms with Gasteiger partial charge in [0.25, 0.3) is 0 Å². The largest absolute Gasteiger partial charge is 0.381 e. The van der Waals surface area contributed by atoms with Crippen LogP contribution in [0.3, 0.4) is 0 Å². The lowest BCUT2D eigenvalue weighted by molar-refractivity contribution is 0.0652. The highest BCUT2D eigenvalue weighted by Gasteiger charge is 2.17. The van der Waals surface area contributed by atoms with Gasteiger partial charge in [-0.05, 0) is 43.2 Å². The smallest absolute Gasteiger partial charge is 0.0469 e. The molecule has 2 nitrogen and oxygen atoms in total. The van der Waals surface area contributed by atoms with Crippen molar-refractivity contribution in [1.82, 2.24) is 5.32 Å². The first-order chi connectivity index (χ1) is 9.25. The van der Waals surface area contributed by atoms with Crippen LogP contribution in [0, 0.1) is 11.8 Å². The second-order valence-corrected chi connectivity index (χ2v) is 6.06. The predicted molar refractivity (Wildman–Crippen MR) is 80.2 cm³/mol. The minimum Gasteiger partial charge on any atom is -0.381 e. The molecule has 0 spiro atoms. The van der Waals surface area contributed by atoms with Crippen LogP contribution in [-0.2, 0) is 4.74 Å². The van der Waals surface area contributed by atoms with Gasteiger partial charge in [-0.1, -0.05) is 44.2 Å². The van der Waals surface area contributed by atoms with Crippen LogP contribution in [0.15, 0.2) is 30.3 Å². The van der Waals surface area contributed by atoms with Gasteiger partial charge in [-0.3, -0.25) is 0 Å². The van der Waals surface area contributed by atoms with Crippen molar-refractivity contribution in [1.29, 1.82) is 0 Å². The Bertz CT molecular complexity index is 344. The van der Waals surface area contributed by atoms with E-state index in [0.29, 0.717) is 12.0 Å². The molecule has 19 heavy (non-hydrogen) atoms. The van der Waals surface area contributed by atoms with E-state index in [1.807, 2.05) is 0 Å². The second kappa shape index (κ2) is 7.66. The maximum atomic E-state index is 5.43. The molecule has 1 aliphatic heterocycles. The lowest BCUT2D eigenvalue weighted by atomic mass is 9.95. The van der Waals surface area contributed by atoms with Crippen molar-refractivity contribution < 1.29 is 4.74 Å². The fourth-order valence-electron chi connectivity index (χ4n) is 2.75. The molecule has 1 fully saturated rings. The van der Waals surface area contributed by atoms with E-state index < -0.39 is 0 Å². The monoisotopic (exact) mass is 261 g/mol. The molecule has 0 bridgehead atoms. The third-order valence-electron chi connectivity index (χ3n) is 3.90. The third kappa shape index (κ3) is 4.96. The fraction of sp³-hybridized carbons (Fsp3) is 0.647. The van der Waals surface area contributed by atoms with E-state index >= 15 is 0 Å². The summed E-state index contributed by atoms with van der Waals surface area (Å²) in [5, 5.41) is 3.78. The van der Waals surface area contributed by atoms with Gasteiger partial charge in [0.05, 0.1) is 0 Å². The van der Waals surface area contributed by atoms with E-state index in [4.69, 9.17) is 4.74 Å². The molecule has 1 aromatic carbocycles. The zero-order valence-electron chi connectivity index (χ0n) is 12.3. The SMILES string of the molecule is CC(C)CC(NCC1CCOCC1)c1ccccc1. The highest BCUT2D eigenvalue weighted by atomic mass is 16.5. The Morgan fingerprint density at radius 1 is 1.16 bits per heavy atom. The van der Waals surface area contributed by atoms with Crippen LogP contribution in [0.2, 0.25) is 0 Å². The molecule has 1 N–H and O–H groups in total. The number of nitrogens with one attached hydrogen (secondary N) is 1. The van der Waals surface area contributed by atoms with Crippen LogP contribution < -0.4 is 5.32 Å². The highest BCUT2D eigenvalue weighted by Crippen LogP contribution is 2.22. The average Bonchev–Trinajstić information content (AvgIpc) is 2.45. The van der Waals surface area contributed by atoms with Crippen molar-refractivity contribution in [2.24, 2.45) is 11.8 Å². The molecule has 0 saturated carbocycles. The van der Waals surface area contributed by atoms with E-state index in [-0.39, 0.29) is 0 Å². The summed E-state index contributed by atoms with van der Waals surface area (Å²) in [6.45, 7) is 7.59. The highest BCUT2D eigenvalue weighted by molar-refractivity contribution is 5.18. The second-order valence-electron chi connectivity index (χ2n) is 6.06. The zero-order valence-corrected chi connectivity index (χ0v) is 12.3. The van der Waals surface area contributed by atoms with Crippen molar-refractivity contribution in [2.75, 3.05) is 19.8 Å². The van der Waals surface area contributed by atoms with Gasteiger partial charge in [-0.2, -0.15) is 0 Å². The Labute approximate surface area is 117 Å². The number of rotatable bonds is 6. The Kier molecular flexibility index (Phi) is 5.87. The summed E-state index contributed by atoms with van der Waals surface area (Å²) in [6.07, 6.45) is 3.61. The van der Waals surface area contributed by atoms with Gasteiger partial charge in [0.2, 0.25) is 0 Å². The Morgan fingerprint density at radius 2 is 1.84 bits per heavy atom. The Morgan fingerprint density at radius 3 is 2.47 bits per heavy atom. The normalized spacial score (nSPS) is 18.7. The zero-order chi connectivity index (χ0) is 13.5. The van der Waals surface area contributed by atoms with Crippen LogP contribution in [-0.4, -0.2) is 19.8 Å². The molecule has 1 unspecified atom stereocenters. The molecular weight excluding hydrogens is 234 g/mol. The number of ether oxygens (including phenoxy) is 1. The molecule has 106 valence electrons. The first-order valence-electron chi connectivity index (χ1n) is 7.61. The van der Waals surface area contributed by atoms with Gasteiger partial charge in [-0.25, -0.2) is 0 Å². The van der Waals surface area contributed by atoms with Crippen LogP contribution >= 0.6 is 0 Å². The number of hydrogen-bond donors (Lipinski definition) is 1. The van der Waals surface area contributed by atoms with Crippen molar-refractivity contribution in [3.63, 3.8) is 0 Å². The van der Waals surface area contributed by atoms with E-state index in [1.54, 1.807) is 0 Å². The van der Waals surface area contributed by atoms with E-state index in [0.717, 1.165) is 25.7 Å². The molecule has 2 rings (SSSR count). The van der Waals surface area contributed by atoms with Crippen molar-refractivity contribution in [3.05, 3.63) is 35.9 Å². The minimum absolute atomic E-state index is 0.490. The maximum Gasteiger partial charge on any atom is 0.0469 e. The van der Waals surface area contributed by atoms with Gasteiger partial charge in [0.1, 0.15) is 0 Å². The molecule has 1 aliphatic rings. The Balaban J connectivity index is 1.90. The summed E-state index contributed by atoms with van der Waals surface area (Å²) in [7, 11) is 0. The molecule has 0 aliphatic carbocycles. The minimum atomic E-state index is 0.490. The maximum absolute atomic E-state index is 5.43. The average molecular weight is 261 g/mol. The first kappa shape index (κ1) is 14.5. The Hall–Kier alpha value is -0.860. The van der Waals surface area contributed by atoms with Gasteiger partial charge in [0, 0.05) is 19.3 Å². The molecule has 1 aromatic rings. The topological polar surface area (TPSA) is 21.3 Å². The van der Waals surface area contributed by atoms with Crippen LogP contribution in [0.5, 0.6) is 0 Å². The lowest BCUT2D eigenvalue weighted by Gasteiger charge is -2.27. The molecule has 0 aromatic heterocycles. The quantitative estimate of drug-likeness (QED) is 0.841. The molecule has 1 atom stereocenters. The predicted octanol–water partition coefficient (Wildman–Crippen LogP) is 3.79. The van der Waals surface area contributed by atoms with Crippen molar-refractivity contribution in [3.8, 4) is 0 Å². The molecular formula is C17H27NO. The van der Waals surface area contributed by atoms with E-state index in [9.17, 15) is 0 Å². The van der Waals surface area contributed by atoms with Gasteiger partial charge >= 0.3 is 0 Å². The lowest BCUT2D eigenvalue weighted by Crippen LogP contribution is -2.31. The van der Waals surface area contributed by atoms with Crippen LogP contribution in [0.4, 0.5) is 0 Å². The summed E-state index contributed by atoms with van der Waals surface area (Å²) in [5.74, 6) is 1.50. The summed E-state index contributed by atoms with van der Waals surface area (Å²) < 4.78 is 5.43. The summed E-state index contributed by atoms with van der Waals surface area (Å²) in [5.41, 5.74) is 1.42. The van der Waals surface area contributed by atoms with Crippen LogP contribution in [0.25, 0.3) is 0 Å². The number of hydrogen-bond acceptors (Lipinski definition) is 2. The summed E-state index contributed by atoms with van der Waals surface area (Å²) in [4.78, 5) is 0. The fourth-order valence-corrected chi connectivity index (χ4v) is 2.75. The third-order valence-corrected chi connectivity index (χ3v) is 3.90. The molecule has 0 amide bonds. The van der Waals surface area contributed by atoms with Gasteiger partial charge < -0.3 is 10.1 Å². The summed E-state index contributed by atoms with van der Waals surface area (Å²) in [6, 6.07) is 11.3. The van der Waals surface area contributed by atoms with E-state index in [1.165, 1.54) is 24.8 Å². The van der Waals surface area contributed by atoms with Gasteiger partial charge in [0.15, 0.2) is 0 Å². The molecule has 0 radical (unpaired) electrons. The molecule has 2 heteroatoms. The van der Waals surface area contributed by atoms with E-state index in [2.05, 4.69) is 49.5 Å². The molecule has 1 saturated heterocycles. The van der Waals surface area contributed by atoms with Gasteiger partial charge in [-0.15, -0.1) is 0 Å². The first-order valence-corrected chi connectivity index (χ1v) is 7.61. The van der Waals surface area contributed by atoms with Crippen molar-refractivity contribution in [2.45, 2.75) is 39.2 Å². The molecule has 1 heterocycles. The van der Waals surface area contributed by atoms with Crippen molar-refractivity contribution >= 4 is 0 Å². The van der Waals surface area contributed by atoms with Crippen LogP contribution in [0.1, 0.15) is 44.7 Å². The summed E-state index contributed by atoms with van der Waals surface area (Å²) >= 11 is 0. The number of benzene rings is 1. The standard InChI is InChI=1S/C17H27NO/c1-14(2)12-17(16-6-4-3-5-7-16)18-13-15-8-10-19-11-9-15/h3-7,14-15,17-18H,8-13H2,1-2H3.